The highest BCUT2D eigenvalue weighted by atomic mass is 16.5. The zero-order valence-corrected chi connectivity index (χ0v) is 14.4. The fraction of sp³-hybridized carbons (Fsp3) is 0.476. The molecule has 3 heteroatoms. The quantitative estimate of drug-likeness (QED) is 0.797. The third-order valence-corrected chi connectivity index (χ3v) is 5.14. The van der Waals surface area contributed by atoms with Crippen molar-refractivity contribution in [3.8, 4) is 5.75 Å². The monoisotopic (exact) mass is 325 g/mol. The molecule has 2 atom stereocenters. The van der Waals surface area contributed by atoms with Crippen LogP contribution in [-0.4, -0.2) is 13.0 Å². The molecule has 24 heavy (non-hydrogen) atoms. The van der Waals surface area contributed by atoms with Crippen molar-refractivity contribution in [1.82, 2.24) is 0 Å². The van der Waals surface area contributed by atoms with E-state index >= 15 is 0 Å². The molecule has 0 bridgehead atoms. The minimum absolute atomic E-state index is 0.166. The van der Waals surface area contributed by atoms with Crippen LogP contribution in [0.3, 0.4) is 0 Å². The molecular weight excluding hydrogens is 298 g/mol. The van der Waals surface area contributed by atoms with Crippen molar-refractivity contribution in [2.45, 2.75) is 38.5 Å². The number of nitrogens with one attached hydrogen (secondary N) is 1. The summed E-state index contributed by atoms with van der Waals surface area (Å²) < 4.78 is 5.23. The van der Waals surface area contributed by atoms with E-state index < -0.39 is 0 Å². The van der Waals surface area contributed by atoms with E-state index in [1.165, 1.54) is 0 Å². The summed E-state index contributed by atoms with van der Waals surface area (Å²) in [5, 5.41) is 3.08. The number of hydrogen-bond acceptors (Lipinski definition) is 2. The highest BCUT2D eigenvalue weighted by Gasteiger charge is 2.52. The van der Waals surface area contributed by atoms with Crippen molar-refractivity contribution in [3.63, 3.8) is 0 Å². The van der Waals surface area contributed by atoms with Gasteiger partial charge in [-0.1, -0.05) is 30.4 Å². The molecule has 0 heterocycles. The fourth-order valence-electron chi connectivity index (χ4n) is 3.79. The smallest absolute Gasteiger partial charge is 0.228 e. The number of carbonyl (C=O) groups excluding carboxylic acids is 1. The summed E-state index contributed by atoms with van der Waals surface area (Å²) in [6, 6.07) is 7.58. The Morgan fingerprint density at radius 1 is 1.00 bits per heavy atom. The van der Waals surface area contributed by atoms with Gasteiger partial charge in [0.1, 0.15) is 5.75 Å². The molecule has 0 unspecified atom stereocenters. The normalized spacial score (nSPS) is 29.3. The van der Waals surface area contributed by atoms with Gasteiger partial charge in [0.15, 0.2) is 0 Å². The Balaban J connectivity index is 1.61. The lowest BCUT2D eigenvalue weighted by atomic mass is 10.1. The number of hydrogen-bond donors (Lipinski definition) is 1. The van der Waals surface area contributed by atoms with Crippen molar-refractivity contribution in [3.05, 3.63) is 48.6 Å². The largest absolute Gasteiger partial charge is 0.497 e. The number of rotatable bonds is 3. The zero-order valence-electron chi connectivity index (χ0n) is 14.4. The van der Waals surface area contributed by atoms with Crippen LogP contribution in [0.4, 0.5) is 5.69 Å². The molecule has 2 aliphatic rings. The Bertz CT molecular complexity index is 596. The number of ether oxygens (including phenoxy) is 1. The maximum atomic E-state index is 12.7. The number of carbonyl (C=O) groups is 1. The molecule has 128 valence electrons. The van der Waals surface area contributed by atoms with E-state index in [2.05, 4.69) is 29.6 Å². The predicted octanol–water partition coefficient (Wildman–Crippen LogP) is 4.96. The van der Waals surface area contributed by atoms with Gasteiger partial charge in [-0.2, -0.15) is 0 Å². The summed E-state index contributed by atoms with van der Waals surface area (Å²) in [5.74, 6) is 2.17. The standard InChI is InChI=1S/C21H27NO2/c1-24-17-12-10-11-16(15-17)22-21(23)20-18-13-8-6-4-2-3-5-7-9-14-19(18)20/h4-7,10-12,15,18-20H,2-3,8-9,13-14H2,1H3,(H,22,23)/b6-4-,7-5-/t18-,19-/m1/s1. The molecule has 3 nitrogen and oxygen atoms in total. The summed E-state index contributed by atoms with van der Waals surface area (Å²) in [4.78, 5) is 12.7. The molecule has 1 N–H and O–H groups in total. The van der Waals surface area contributed by atoms with E-state index in [-0.39, 0.29) is 11.8 Å². The highest BCUT2D eigenvalue weighted by molar-refractivity contribution is 5.95. The molecule has 1 saturated carbocycles. The molecular formula is C21H27NO2. The van der Waals surface area contributed by atoms with Gasteiger partial charge < -0.3 is 10.1 Å². The molecule has 0 aliphatic heterocycles. The number of fused-ring (bicyclic) bond motifs is 1. The average Bonchev–Trinajstić information content (AvgIpc) is 3.27. The average molecular weight is 325 g/mol. The summed E-state index contributed by atoms with van der Waals surface area (Å²) >= 11 is 0. The van der Waals surface area contributed by atoms with Crippen LogP contribution in [0.2, 0.25) is 0 Å². The van der Waals surface area contributed by atoms with E-state index in [0.717, 1.165) is 50.0 Å². The van der Waals surface area contributed by atoms with Crippen molar-refractivity contribution >= 4 is 11.6 Å². The molecule has 1 aromatic rings. The Labute approximate surface area is 144 Å². The van der Waals surface area contributed by atoms with E-state index in [1.807, 2.05) is 24.3 Å². The first-order valence-electron chi connectivity index (χ1n) is 9.04. The predicted molar refractivity (Wildman–Crippen MR) is 98.1 cm³/mol. The minimum atomic E-state index is 0.166. The van der Waals surface area contributed by atoms with Crippen LogP contribution < -0.4 is 10.1 Å². The molecule has 0 saturated heterocycles. The topological polar surface area (TPSA) is 38.3 Å². The van der Waals surface area contributed by atoms with Gasteiger partial charge in [0.05, 0.1) is 7.11 Å². The Kier molecular flexibility index (Phi) is 5.73. The highest BCUT2D eigenvalue weighted by Crippen LogP contribution is 2.52. The van der Waals surface area contributed by atoms with Crippen molar-refractivity contribution < 1.29 is 9.53 Å². The first-order valence-corrected chi connectivity index (χ1v) is 9.04. The van der Waals surface area contributed by atoms with Gasteiger partial charge in [0.2, 0.25) is 5.91 Å². The van der Waals surface area contributed by atoms with E-state index in [0.29, 0.717) is 11.8 Å². The minimum Gasteiger partial charge on any atom is -0.497 e. The first kappa shape index (κ1) is 16.8. The number of amides is 1. The van der Waals surface area contributed by atoms with Crippen molar-refractivity contribution in [2.75, 3.05) is 12.4 Å². The molecule has 1 aromatic carbocycles. The van der Waals surface area contributed by atoms with Gasteiger partial charge in [-0.3, -0.25) is 4.79 Å². The maximum absolute atomic E-state index is 12.7. The van der Waals surface area contributed by atoms with E-state index in [4.69, 9.17) is 4.74 Å². The second kappa shape index (κ2) is 8.18. The van der Waals surface area contributed by atoms with Crippen LogP contribution in [0.15, 0.2) is 48.6 Å². The number of anilines is 1. The van der Waals surface area contributed by atoms with Crippen LogP contribution in [-0.2, 0) is 4.79 Å². The van der Waals surface area contributed by atoms with Crippen molar-refractivity contribution in [1.29, 1.82) is 0 Å². The lowest BCUT2D eigenvalue weighted by Gasteiger charge is -2.07. The Morgan fingerprint density at radius 3 is 2.25 bits per heavy atom. The Morgan fingerprint density at radius 2 is 1.62 bits per heavy atom. The van der Waals surface area contributed by atoms with Crippen LogP contribution in [0.1, 0.15) is 38.5 Å². The molecule has 1 fully saturated rings. The van der Waals surface area contributed by atoms with E-state index in [9.17, 15) is 4.79 Å². The molecule has 1 amide bonds. The molecule has 0 spiro atoms. The van der Waals surface area contributed by atoms with Gasteiger partial charge in [0.25, 0.3) is 0 Å². The van der Waals surface area contributed by atoms with Gasteiger partial charge in [-0.25, -0.2) is 0 Å². The maximum Gasteiger partial charge on any atom is 0.228 e. The van der Waals surface area contributed by atoms with Crippen molar-refractivity contribution in [2.24, 2.45) is 17.8 Å². The second-order valence-corrected chi connectivity index (χ2v) is 6.75. The van der Waals surface area contributed by atoms with Crippen LogP contribution in [0, 0.1) is 17.8 Å². The van der Waals surface area contributed by atoms with Gasteiger partial charge in [0, 0.05) is 17.7 Å². The van der Waals surface area contributed by atoms with Gasteiger partial charge >= 0.3 is 0 Å². The molecule has 2 aliphatic carbocycles. The lowest BCUT2D eigenvalue weighted by Crippen LogP contribution is -2.15. The summed E-state index contributed by atoms with van der Waals surface area (Å²) in [5.41, 5.74) is 0.821. The third kappa shape index (κ3) is 4.28. The Hall–Kier alpha value is -2.03. The summed E-state index contributed by atoms with van der Waals surface area (Å²) in [7, 11) is 1.64. The SMILES string of the molecule is COc1cccc(NC(=O)C2[C@@H]3CC/C=C\CC/C=C\CC[C@@H]23)c1. The van der Waals surface area contributed by atoms with Gasteiger partial charge in [-0.15, -0.1) is 0 Å². The van der Waals surface area contributed by atoms with Crippen LogP contribution >= 0.6 is 0 Å². The number of benzene rings is 1. The number of methoxy groups -OCH3 is 1. The molecule has 0 aromatic heterocycles. The van der Waals surface area contributed by atoms with Crippen LogP contribution in [0.5, 0.6) is 5.75 Å². The second-order valence-electron chi connectivity index (χ2n) is 6.75. The fourth-order valence-corrected chi connectivity index (χ4v) is 3.79. The van der Waals surface area contributed by atoms with Crippen LogP contribution in [0.25, 0.3) is 0 Å². The zero-order chi connectivity index (χ0) is 16.8. The van der Waals surface area contributed by atoms with E-state index in [1.54, 1.807) is 7.11 Å². The first-order chi connectivity index (χ1) is 11.8. The summed E-state index contributed by atoms with van der Waals surface area (Å²) in [6.45, 7) is 0. The summed E-state index contributed by atoms with van der Waals surface area (Å²) in [6.07, 6.45) is 15.8. The third-order valence-electron chi connectivity index (χ3n) is 5.14. The number of allylic oxidation sites excluding steroid dienone is 4. The lowest BCUT2D eigenvalue weighted by molar-refractivity contribution is -0.117. The molecule has 0 radical (unpaired) electrons. The van der Waals surface area contributed by atoms with Gasteiger partial charge in [-0.05, 0) is 62.5 Å². The molecule has 3 rings (SSSR count).